The number of hydrogen-bond donors (Lipinski definition) is 0. The molecule has 0 N–H and O–H groups in total. The Morgan fingerprint density at radius 2 is 1.81 bits per heavy atom. The van der Waals surface area contributed by atoms with Gasteiger partial charge in [-0.25, -0.2) is 4.98 Å². The maximum atomic E-state index is 4.86. The Kier molecular flexibility index (Phi) is 1.95. The normalized spacial score (nSPS) is 11.8. The summed E-state index contributed by atoms with van der Waals surface area (Å²) in [5.74, 6) is 0. The van der Waals surface area contributed by atoms with Gasteiger partial charge in [-0.1, -0.05) is 24.3 Å². The van der Waals surface area contributed by atoms with E-state index >= 15 is 0 Å². The van der Waals surface area contributed by atoms with E-state index in [9.17, 15) is 0 Å². The molecule has 0 amide bonds. The largest absolute Gasteiger partial charge is 0.299 e. The van der Waals surface area contributed by atoms with Gasteiger partial charge in [-0.3, -0.25) is 9.38 Å². The molecular weight excluding hydrogens is 258 g/mol. The minimum atomic E-state index is 0.981. The first-order valence-corrected chi connectivity index (χ1v) is 6.95. The Morgan fingerprint density at radius 3 is 2.81 bits per heavy atom. The minimum absolute atomic E-state index is 0.981. The Labute approximate surface area is 120 Å². The van der Waals surface area contributed by atoms with E-state index in [1.807, 2.05) is 36.7 Å². The van der Waals surface area contributed by atoms with Crippen LogP contribution in [0.4, 0.5) is 0 Å². The molecule has 4 heterocycles. The molecule has 0 saturated heterocycles. The molecule has 3 nitrogen and oxygen atoms in total. The Morgan fingerprint density at radius 1 is 0.857 bits per heavy atom. The van der Waals surface area contributed by atoms with E-state index in [1.165, 1.54) is 0 Å². The fourth-order valence-corrected chi connectivity index (χ4v) is 3.07. The summed E-state index contributed by atoms with van der Waals surface area (Å²) in [5.41, 5.74) is 4.12. The molecular formula is C18H11N3. The summed E-state index contributed by atoms with van der Waals surface area (Å²) < 4.78 is 2.12. The van der Waals surface area contributed by atoms with Crippen LogP contribution in [-0.4, -0.2) is 14.4 Å². The summed E-state index contributed by atoms with van der Waals surface area (Å²) in [6.45, 7) is 0. The van der Waals surface area contributed by atoms with E-state index in [-0.39, 0.29) is 0 Å². The smallest absolute Gasteiger partial charge is 0.145 e. The summed E-state index contributed by atoms with van der Waals surface area (Å²) in [7, 11) is 0. The van der Waals surface area contributed by atoms with E-state index in [2.05, 4.69) is 39.7 Å². The van der Waals surface area contributed by atoms with Gasteiger partial charge in [0.05, 0.1) is 16.6 Å². The highest BCUT2D eigenvalue weighted by Gasteiger charge is 2.10. The van der Waals surface area contributed by atoms with Gasteiger partial charge in [0.15, 0.2) is 0 Å². The number of pyridine rings is 3. The van der Waals surface area contributed by atoms with E-state index in [0.717, 1.165) is 38.4 Å². The van der Waals surface area contributed by atoms with Gasteiger partial charge in [0.25, 0.3) is 0 Å². The van der Waals surface area contributed by atoms with Gasteiger partial charge < -0.3 is 0 Å². The van der Waals surface area contributed by atoms with Crippen LogP contribution in [0.1, 0.15) is 0 Å². The standard InChI is InChI=1S/C18H11N3/c1-2-7-15-12(5-1)11-14-13-6-3-9-19-17(13)16-8-4-10-21(16)18(14)20-15/h1-11H. The van der Waals surface area contributed by atoms with E-state index in [1.54, 1.807) is 0 Å². The SMILES string of the molecule is c1ccc2nc3c(cc2c1)c1cccnc1c1cccn13. The zero-order chi connectivity index (χ0) is 13.8. The molecule has 0 atom stereocenters. The van der Waals surface area contributed by atoms with Crippen molar-refractivity contribution < 1.29 is 0 Å². The lowest BCUT2D eigenvalue weighted by molar-refractivity contribution is 1.22. The predicted octanol–water partition coefficient (Wildman–Crippen LogP) is 4.19. The topological polar surface area (TPSA) is 30.2 Å². The highest BCUT2D eigenvalue weighted by molar-refractivity contribution is 6.12. The molecule has 4 aromatic heterocycles. The molecule has 0 aliphatic rings. The van der Waals surface area contributed by atoms with Crippen LogP contribution in [0.5, 0.6) is 0 Å². The highest BCUT2D eigenvalue weighted by atomic mass is 15.0. The van der Waals surface area contributed by atoms with Gasteiger partial charge >= 0.3 is 0 Å². The van der Waals surface area contributed by atoms with Crippen LogP contribution < -0.4 is 0 Å². The minimum Gasteiger partial charge on any atom is -0.299 e. The summed E-state index contributed by atoms with van der Waals surface area (Å²) in [6.07, 6.45) is 3.89. The molecule has 0 spiro atoms. The molecule has 0 unspecified atom stereocenters. The maximum absolute atomic E-state index is 4.86. The summed E-state index contributed by atoms with van der Waals surface area (Å²) >= 11 is 0. The van der Waals surface area contributed by atoms with Crippen molar-refractivity contribution in [2.45, 2.75) is 0 Å². The van der Waals surface area contributed by atoms with E-state index in [0.29, 0.717) is 0 Å². The number of hydrogen-bond acceptors (Lipinski definition) is 2. The molecule has 0 radical (unpaired) electrons. The van der Waals surface area contributed by atoms with Crippen LogP contribution in [0.25, 0.3) is 38.4 Å². The zero-order valence-electron chi connectivity index (χ0n) is 11.2. The van der Waals surface area contributed by atoms with Gasteiger partial charge in [-0.05, 0) is 30.3 Å². The lowest BCUT2D eigenvalue weighted by Gasteiger charge is -2.09. The monoisotopic (exact) mass is 269 g/mol. The number of rotatable bonds is 0. The van der Waals surface area contributed by atoms with Gasteiger partial charge in [-0.2, -0.15) is 0 Å². The van der Waals surface area contributed by atoms with Crippen molar-refractivity contribution in [3.63, 3.8) is 0 Å². The average molecular weight is 269 g/mol. The number of nitrogens with zero attached hydrogens (tertiary/aromatic N) is 3. The first kappa shape index (κ1) is 10.8. The van der Waals surface area contributed by atoms with E-state index < -0.39 is 0 Å². The molecule has 1 aromatic carbocycles. The molecule has 0 saturated carbocycles. The zero-order valence-corrected chi connectivity index (χ0v) is 11.2. The number of para-hydroxylation sites is 1. The molecule has 5 rings (SSSR count). The third-order valence-corrected chi connectivity index (χ3v) is 4.02. The molecule has 0 fully saturated rings. The summed E-state index contributed by atoms with van der Waals surface area (Å²) in [4.78, 5) is 9.43. The third-order valence-electron chi connectivity index (χ3n) is 4.02. The second-order valence-corrected chi connectivity index (χ2v) is 5.22. The van der Waals surface area contributed by atoms with Gasteiger partial charge in [0.2, 0.25) is 0 Å². The van der Waals surface area contributed by atoms with Crippen molar-refractivity contribution in [3.8, 4) is 0 Å². The first-order chi connectivity index (χ1) is 10.4. The van der Waals surface area contributed by atoms with Crippen molar-refractivity contribution in [3.05, 3.63) is 67.0 Å². The lowest BCUT2D eigenvalue weighted by atomic mass is 10.1. The fraction of sp³-hybridized carbons (Fsp3) is 0. The molecule has 0 bridgehead atoms. The maximum Gasteiger partial charge on any atom is 0.145 e. The molecule has 5 aromatic rings. The third kappa shape index (κ3) is 1.37. The molecule has 98 valence electrons. The van der Waals surface area contributed by atoms with Crippen LogP contribution in [0.15, 0.2) is 67.0 Å². The van der Waals surface area contributed by atoms with Crippen LogP contribution in [0.2, 0.25) is 0 Å². The number of fused-ring (bicyclic) bond motifs is 7. The Balaban J connectivity index is 2.18. The number of aromatic nitrogens is 3. The van der Waals surface area contributed by atoms with Gasteiger partial charge in [0.1, 0.15) is 5.65 Å². The second kappa shape index (κ2) is 3.79. The lowest BCUT2D eigenvalue weighted by Crippen LogP contribution is -1.94. The predicted molar refractivity (Wildman–Crippen MR) is 85.5 cm³/mol. The van der Waals surface area contributed by atoms with Crippen molar-refractivity contribution in [1.82, 2.24) is 14.4 Å². The molecule has 21 heavy (non-hydrogen) atoms. The first-order valence-electron chi connectivity index (χ1n) is 6.95. The molecule has 0 aliphatic carbocycles. The van der Waals surface area contributed by atoms with Crippen molar-refractivity contribution in [2.24, 2.45) is 0 Å². The second-order valence-electron chi connectivity index (χ2n) is 5.22. The molecule has 0 aliphatic heterocycles. The summed E-state index contributed by atoms with van der Waals surface area (Å²) in [5, 5.41) is 3.44. The number of benzene rings is 1. The van der Waals surface area contributed by atoms with Crippen LogP contribution >= 0.6 is 0 Å². The van der Waals surface area contributed by atoms with Crippen molar-refractivity contribution in [2.75, 3.05) is 0 Å². The Hall–Kier alpha value is -2.94. The van der Waals surface area contributed by atoms with Gasteiger partial charge in [0, 0.05) is 28.6 Å². The fourth-order valence-electron chi connectivity index (χ4n) is 3.07. The highest BCUT2D eigenvalue weighted by Crippen LogP contribution is 2.29. The van der Waals surface area contributed by atoms with Crippen LogP contribution in [0.3, 0.4) is 0 Å². The Bertz CT molecular complexity index is 1140. The van der Waals surface area contributed by atoms with Crippen molar-refractivity contribution >= 4 is 38.4 Å². The van der Waals surface area contributed by atoms with E-state index in [4.69, 9.17) is 4.98 Å². The van der Waals surface area contributed by atoms with Crippen LogP contribution in [0, 0.1) is 0 Å². The molecule has 3 heteroatoms. The quantitative estimate of drug-likeness (QED) is 0.312. The summed E-state index contributed by atoms with van der Waals surface area (Å²) in [6, 6.07) is 18.7. The van der Waals surface area contributed by atoms with Crippen LogP contribution in [-0.2, 0) is 0 Å². The average Bonchev–Trinajstić information content (AvgIpc) is 3.03. The van der Waals surface area contributed by atoms with Gasteiger partial charge in [-0.15, -0.1) is 0 Å². The van der Waals surface area contributed by atoms with Crippen molar-refractivity contribution in [1.29, 1.82) is 0 Å².